The van der Waals surface area contributed by atoms with E-state index in [1.165, 1.54) is 22.7 Å². The average molecular weight is 409 g/mol. The normalized spacial score (nSPS) is 11.0. The molecule has 9 nitrogen and oxygen atoms in total. The van der Waals surface area contributed by atoms with Crippen LogP contribution in [0.3, 0.4) is 0 Å². The van der Waals surface area contributed by atoms with Crippen LogP contribution in [0.4, 0.5) is 5.69 Å². The first-order chi connectivity index (χ1) is 14.0. The third-order valence-electron chi connectivity index (χ3n) is 4.29. The van der Waals surface area contributed by atoms with Crippen LogP contribution in [0.5, 0.6) is 0 Å². The number of anilines is 1. The van der Waals surface area contributed by atoms with E-state index in [4.69, 9.17) is 10.3 Å². The maximum absolute atomic E-state index is 12.5. The number of para-hydroxylation sites is 1. The molecule has 10 heteroatoms. The molecule has 0 radical (unpaired) electrons. The predicted octanol–water partition coefficient (Wildman–Crippen LogP) is 2.79. The Labute approximate surface area is 170 Å². The van der Waals surface area contributed by atoms with Gasteiger partial charge in [0.05, 0.1) is 34.8 Å². The fraction of sp³-hybridized carbons (Fsp3) is 0.158. The fourth-order valence-electron chi connectivity index (χ4n) is 2.90. The molecular weight excluding hydrogens is 390 g/mol. The van der Waals surface area contributed by atoms with Gasteiger partial charge in [-0.1, -0.05) is 30.0 Å². The van der Waals surface area contributed by atoms with Gasteiger partial charge in [-0.05, 0) is 38.1 Å². The molecule has 0 aliphatic rings. The van der Waals surface area contributed by atoms with Crippen LogP contribution < -0.4 is 11.2 Å². The fourth-order valence-corrected chi connectivity index (χ4v) is 3.56. The standard InChI is InChI=1S/C19H19N7O2S/c1-12-17(13(2)26(24-12)14-7-4-3-5-8-14)21-16(27)11-29-19-23-22-18(25(19)20)15-9-6-10-28-15/h3-10H,11,20H2,1-2H3,(H,21,27). The Morgan fingerprint density at radius 2 is 1.97 bits per heavy atom. The Hall–Kier alpha value is -3.53. The molecule has 0 aliphatic carbocycles. The van der Waals surface area contributed by atoms with Crippen LogP contribution in [0.25, 0.3) is 17.3 Å². The predicted molar refractivity (Wildman–Crippen MR) is 110 cm³/mol. The summed E-state index contributed by atoms with van der Waals surface area (Å²) in [5.74, 6) is 6.87. The molecule has 0 unspecified atom stereocenters. The minimum absolute atomic E-state index is 0.128. The lowest BCUT2D eigenvalue weighted by molar-refractivity contribution is -0.113. The average Bonchev–Trinajstić information content (AvgIpc) is 3.43. The van der Waals surface area contributed by atoms with Crippen molar-refractivity contribution in [2.45, 2.75) is 19.0 Å². The van der Waals surface area contributed by atoms with Crippen molar-refractivity contribution < 1.29 is 9.21 Å². The van der Waals surface area contributed by atoms with Crippen LogP contribution in [-0.2, 0) is 4.79 Å². The number of hydrogen-bond acceptors (Lipinski definition) is 7. The van der Waals surface area contributed by atoms with Crippen LogP contribution >= 0.6 is 11.8 Å². The zero-order chi connectivity index (χ0) is 20.4. The molecule has 29 heavy (non-hydrogen) atoms. The molecular formula is C19H19N7O2S. The third kappa shape index (κ3) is 3.74. The second-order valence-electron chi connectivity index (χ2n) is 6.28. The molecule has 3 N–H and O–H groups in total. The summed E-state index contributed by atoms with van der Waals surface area (Å²) < 4.78 is 8.40. The van der Waals surface area contributed by atoms with Gasteiger partial charge in [-0.3, -0.25) is 4.79 Å². The highest BCUT2D eigenvalue weighted by Crippen LogP contribution is 2.24. The van der Waals surface area contributed by atoms with Gasteiger partial charge in [0.2, 0.25) is 16.9 Å². The van der Waals surface area contributed by atoms with Gasteiger partial charge < -0.3 is 15.6 Å². The van der Waals surface area contributed by atoms with E-state index in [1.54, 1.807) is 12.1 Å². The Morgan fingerprint density at radius 3 is 2.69 bits per heavy atom. The zero-order valence-corrected chi connectivity index (χ0v) is 16.7. The maximum Gasteiger partial charge on any atom is 0.234 e. The van der Waals surface area contributed by atoms with Crippen molar-refractivity contribution in [2.24, 2.45) is 0 Å². The number of furan rings is 1. The van der Waals surface area contributed by atoms with Crippen molar-refractivity contribution in [1.29, 1.82) is 0 Å². The zero-order valence-electron chi connectivity index (χ0n) is 15.9. The highest BCUT2D eigenvalue weighted by Gasteiger charge is 2.18. The van der Waals surface area contributed by atoms with E-state index in [2.05, 4.69) is 20.6 Å². The number of nitrogens with two attached hydrogens (primary N) is 1. The molecule has 0 atom stereocenters. The van der Waals surface area contributed by atoms with Gasteiger partial charge in [0.15, 0.2) is 5.76 Å². The van der Waals surface area contributed by atoms with Crippen molar-refractivity contribution >= 4 is 23.4 Å². The van der Waals surface area contributed by atoms with Gasteiger partial charge in [-0.25, -0.2) is 9.36 Å². The van der Waals surface area contributed by atoms with E-state index < -0.39 is 0 Å². The highest BCUT2D eigenvalue weighted by atomic mass is 32.2. The third-order valence-corrected chi connectivity index (χ3v) is 5.24. The molecule has 0 saturated heterocycles. The van der Waals surface area contributed by atoms with E-state index in [9.17, 15) is 4.79 Å². The summed E-state index contributed by atoms with van der Waals surface area (Å²) in [6, 6.07) is 13.2. The summed E-state index contributed by atoms with van der Waals surface area (Å²) >= 11 is 1.19. The molecule has 0 bridgehead atoms. The summed E-state index contributed by atoms with van der Waals surface area (Å²) in [7, 11) is 0. The van der Waals surface area contributed by atoms with E-state index in [0.29, 0.717) is 22.4 Å². The monoisotopic (exact) mass is 409 g/mol. The largest absolute Gasteiger partial charge is 0.461 e. The quantitative estimate of drug-likeness (QED) is 0.371. The van der Waals surface area contributed by atoms with Crippen molar-refractivity contribution in [3.05, 3.63) is 60.1 Å². The second kappa shape index (κ2) is 7.84. The molecule has 0 spiro atoms. The number of carbonyl (C=O) groups excluding carboxylic acids is 1. The van der Waals surface area contributed by atoms with E-state index >= 15 is 0 Å². The highest BCUT2D eigenvalue weighted by molar-refractivity contribution is 7.99. The first kappa shape index (κ1) is 18.8. The minimum Gasteiger partial charge on any atom is -0.461 e. The molecule has 4 rings (SSSR count). The van der Waals surface area contributed by atoms with Crippen LogP contribution in [0.15, 0.2) is 58.3 Å². The number of thioether (sulfide) groups is 1. The van der Waals surface area contributed by atoms with E-state index in [0.717, 1.165) is 17.1 Å². The molecule has 1 aromatic carbocycles. The van der Waals surface area contributed by atoms with Gasteiger partial charge >= 0.3 is 0 Å². The SMILES string of the molecule is Cc1nn(-c2ccccc2)c(C)c1NC(=O)CSc1nnc(-c2ccco2)n1N. The molecule has 1 amide bonds. The van der Waals surface area contributed by atoms with Gasteiger partial charge in [0, 0.05) is 0 Å². The lowest BCUT2D eigenvalue weighted by atomic mass is 10.3. The lowest BCUT2D eigenvalue weighted by Gasteiger charge is -2.07. The van der Waals surface area contributed by atoms with Gasteiger partial charge in [-0.2, -0.15) is 5.10 Å². The molecule has 0 saturated carbocycles. The number of aromatic nitrogens is 5. The van der Waals surface area contributed by atoms with Crippen LogP contribution in [0, 0.1) is 13.8 Å². The first-order valence-electron chi connectivity index (χ1n) is 8.83. The summed E-state index contributed by atoms with van der Waals surface area (Å²) in [5.41, 5.74) is 3.23. The molecule has 4 aromatic rings. The summed E-state index contributed by atoms with van der Waals surface area (Å²) in [4.78, 5) is 12.5. The van der Waals surface area contributed by atoms with Crippen molar-refractivity contribution in [3.63, 3.8) is 0 Å². The molecule has 0 aliphatic heterocycles. The first-order valence-corrected chi connectivity index (χ1v) is 9.82. The topological polar surface area (TPSA) is 117 Å². The lowest BCUT2D eigenvalue weighted by Crippen LogP contribution is -2.17. The number of nitrogens with zero attached hydrogens (tertiary/aromatic N) is 5. The van der Waals surface area contributed by atoms with Gasteiger partial charge in [0.1, 0.15) is 0 Å². The van der Waals surface area contributed by atoms with Crippen LogP contribution in [-0.4, -0.2) is 36.3 Å². The second-order valence-corrected chi connectivity index (χ2v) is 7.23. The summed E-state index contributed by atoms with van der Waals surface area (Å²) in [6.45, 7) is 3.78. The molecule has 3 heterocycles. The number of benzene rings is 1. The van der Waals surface area contributed by atoms with Crippen LogP contribution in [0.1, 0.15) is 11.4 Å². The molecule has 0 fully saturated rings. The number of amides is 1. The van der Waals surface area contributed by atoms with E-state index in [1.807, 2.05) is 48.9 Å². The van der Waals surface area contributed by atoms with Gasteiger partial charge in [0.25, 0.3) is 0 Å². The van der Waals surface area contributed by atoms with Crippen molar-refractivity contribution in [1.82, 2.24) is 24.7 Å². The Kier molecular flexibility index (Phi) is 5.09. The Morgan fingerprint density at radius 1 is 1.17 bits per heavy atom. The smallest absolute Gasteiger partial charge is 0.234 e. The number of nitrogens with one attached hydrogen (secondary N) is 1. The number of carbonyl (C=O) groups is 1. The van der Waals surface area contributed by atoms with Crippen molar-refractivity contribution in [2.75, 3.05) is 16.9 Å². The Balaban J connectivity index is 1.44. The maximum atomic E-state index is 12.5. The summed E-state index contributed by atoms with van der Waals surface area (Å²) in [6.07, 6.45) is 1.53. The number of nitrogen functional groups attached to an aromatic ring is 1. The van der Waals surface area contributed by atoms with Crippen LogP contribution in [0.2, 0.25) is 0 Å². The van der Waals surface area contributed by atoms with E-state index in [-0.39, 0.29) is 11.7 Å². The van der Waals surface area contributed by atoms with Gasteiger partial charge in [-0.15, -0.1) is 10.2 Å². The molecule has 148 valence electrons. The number of hydrogen-bond donors (Lipinski definition) is 2. The molecule has 3 aromatic heterocycles. The summed E-state index contributed by atoms with van der Waals surface area (Å²) in [5, 5.41) is 15.9. The number of rotatable bonds is 6. The Bertz CT molecular complexity index is 1130. The van der Waals surface area contributed by atoms with Crippen molar-refractivity contribution in [3.8, 4) is 17.3 Å². The number of aryl methyl sites for hydroxylation is 1. The minimum atomic E-state index is -0.184.